The minimum atomic E-state index is -4.39. The van der Waals surface area contributed by atoms with E-state index < -0.39 is 23.8 Å². The van der Waals surface area contributed by atoms with Gasteiger partial charge in [-0.2, -0.15) is 13.2 Å². The second kappa shape index (κ2) is 6.74. The number of carboxylic acid groups (broad SMARTS) is 1. The topological polar surface area (TPSA) is 49.3 Å². The van der Waals surface area contributed by atoms with Crippen molar-refractivity contribution in [3.8, 4) is 0 Å². The molecule has 0 fully saturated rings. The molecule has 0 unspecified atom stereocenters. The Kier molecular flexibility index (Phi) is 5.56. The summed E-state index contributed by atoms with van der Waals surface area (Å²) in [6.45, 7) is 3.75. The lowest BCUT2D eigenvalue weighted by Gasteiger charge is -2.20. The van der Waals surface area contributed by atoms with Gasteiger partial charge in [-0.15, -0.1) is 0 Å². The van der Waals surface area contributed by atoms with E-state index in [-0.39, 0.29) is 12.5 Å². The highest BCUT2D eigenvalue weighted by Gasteiger charge is 2.30. The molecule has 1 aromatic rings. The summed E-state index contributed by atoms with van der Waals surface area (Å²) < 4.78 is 37.7. The summed E-state index contributed by atoms with van der Waals surface area (Å²) in [7, 11) is 0. The summed E-state index contributed by atoms with van der Waals surface area (Å²) in [6.07, 6.45) is -3.72. The van der Waals surface area contributed by atoms with E-state index in [4.69, 9.17) is 5.11 Å². The lowest BCUT2D eigenvalue weighted by atomic mass is 9.99. The van der Waals surface area contributed by atoms with E-state index in [1.54, 1.807) is 6.92 Å². The molecule has 112 valence electrons. The van der Waals surface area contributed by atoms with E-state index in [1.807, 2.05) is 6.92 Å². The monoisotopic (exact) mass is 289 g/mol. The van der Waals surface area contributed by atoms with Crippen LogP contribution in [0, 0.1) is 5.92 Å². The van der Waals surface area contributed by atoms with Gasteiger partial charge in [0.2, 0.25) is 0 Å². The van der Waals surface area contributed by atoms with Crippen molar-refractivity contribution in [2.24, 2.45) is 5.92 Å². The zero-order valence-electron chi connectivity index (χ0n) is 11.4. The van der Waals surface area contributed by atoms with Crippen LogP contribution in [-0.2, 0) is 17.5 Å². The van der Waals surface area contributed by atoms with Crippen LogP contribution in [-0.4, -0.2) is 17.1 Å². The molecular weight excluding hydrogens is 271 g/mol. The second-order valence-electron chi connectivity index (χ2n) is 4.78. The van der Waals surface area contributed by atoms with Gasteiger partial charge in [-0.05, 0) is 17.5 Å². The zero-order chi connectivity index (χ0) is 15.3. The average Bonchev–Trinajstić information content (AvgIpc) is 2.37. The Morgan fingerprint density at radius 1 is 1.40 bits per heavy atom. The molecule has 2 atom stereocenters. The fourth-order valence-electron chi connectivity index (χ4n) is 1.85. The van der Waals surface area contributed by atoms with Crippen LogP contribution in [0.2, 0.25) is 0 Å². The SMILES string of the molecule is CC[C@H](C)[C@H](NCc1cccc(C(F)(F)F)c1)C(=O)O. The van der Waals surface area contributed by atoms with E-state index >= 15 is 0 Å². The highest BCUT2D eigenvalue weighted by atomic mass is 19.4. The standard InChI is InChI=1S/C14H18F3NO2/c1-3-9(2)12(13(19)20)18-8-10-5-4-6-11(7-10)14(15,16)17/h4-7,9,12,18H,3,8H2,1-2H3,(H,19,20)/t9-,12-/m0/s1. The van der Waals surface area contributed by atoms with Gasteiger partial charge in [0.25, 0.3) is 0 Å². The Morgan fingerprint density at radius 2 is 2.05 bits per heavy atom. The molecule has 0 saturated heterocycles. The highest BCUT2D eigenvalue weighted by molar-refractivity contribution is 5.73. The Hall–Kier alpha value is -1.56. The molecule has 0 amide bonds. The van der Waals surface area contributed by atoms with Crippen molar-refractivity contribution in [3.05, 3.63) is 35.4 Å². The van der Waals surface area contributed by atoms with Crippen molar-refractivity contribution in [1.29, 1.82) is 0 Å². The molecule has 2 N–H and O–H groups in total. The lowest BCUT2D eigenvalue weighted by molar-refractivity contribution is -0.141. The van der Waals surface area contributed by atoms with Crippen molar-refractivity contribution in [2.75, 3.05) is 0 Å². The summed E-state index contributed by atoms with van der Waals surface area (Å²) >= 11 is 0. The van der Waals surface area contributed by atoms with Crippen LogP contribution >= 0.6 is 0 Å². The molecule has 0 aromatic heterocycles. The first kappa shape index (κ1) is 16.5. The first-order valence-electron chi connectivity index (χ1n) is 6.38. The summed E-state index contributed by atoms with van der Waals surface area (Å²) in [5.74, 6) is -1.09. The van der Waals surface area contributed by atoms with Crippen molar-refractivity contribution < 1.29 is 23.1 Å². The molecule has 0 spiro atoms. The highest BCUT2D eigenvalue weighted by Crippen LogP contribution is 2.29. The van der Waals surface area contributed by atoms with Crippen LogP contribution in [0.3, 0.4) is 0 Å². The average molecular weight is 289 g/mol. The van der Waals surface area contributed by atoms with Crippen LogP contribution in [0.4, 0.5) is 13.2 Å². The number of nitrogens with one attached hydrogen (secondary N) is 1. The minimum Gasteiger partial charge on any atom is -0.480 e. The molecule has 0 saturated carbocycles. The Morgan fingerprint density at radius 3 is 2.55 bits per heavy atom. The van der Waals surface area contributed by atoms with Crippen LogP contribution in [0.25, 0.3) is 0 Å². The fourth-order valence-corrected chi connectivity index (χ4v) is 1.85. The predicted molar refractivity (Wildman–Crippen MR) is 69.2 cm³/mol. The van der Waals surface area contributed by atoms with Gasteiger partial charge in [-0.3, -0.25) is 4.79 Å². The van der Waals surface area contributed by atoms with Gasteiger partial charge in [0.15, 0.2) is 0 Å². The maximum absolute atomic E-state index is 12.6. The van der Waals surface area contributed by atoms with Crippen molar-refractivity contribution in [1.82, 2.24) is 5.32 Å². The molecule has 0 aliphatic rings. The van der Waals surface area contributed by atoms with E-state index in [9.17, 15) is 18.0 Å². The van der Waals surface area contributed by atoms with Gasteiger partial charge in [0, 0.05) is 6.54 Å². The second-order valence-corrected chi connectivity index (χ2v) is 4.78. The third kappa shape index (κ3) is 4.52. The quantitative estimate of drug-likeness (QED) is 0.845. The number of hydrogen-bond acceptors (Lipinski definition) is 2. The van der Waals surface area contributed by atoms with Crippen LogP contribution in [0.5, 0.6) is 0 Å². The number of carboxylic acids is 1. The number of carbonyl (C=O) groups is 1. The molecule has 0 bridgehead atoms. The zero-order valence-corrected chi connectivity index (χ0v) is 11.4. The molecule has 1 rings (SSSR count). The fraction of sp³-hybridized carbons (Fsp3) is 0.500. The van der Waals surface area contributed by atoms with Gasteiger partial charge < -0.3 is 10.4 Å². The van der Waals surface area contributed by atoms with Crippen LogP contribution < -0.4 is 5.32 Å². The number of halogens is 3. The molecule has 0 aliphatic heterocycles. The number of rotatable bonds is 6. The van der Waals surface area contributed by atoms with Crippen LogP contribution in [0.15, 0.2) is 24.3 Å². The van der Waals surface area contributed by atoms with Gasteiger partial charge in [0.05, 0.1) is 5.56 Å². The van der Waals surface area contributed by atoms with Gasteiger partial charge >= 0.3 is 12.1 Å². The third-order valence-electron chi connectivity index (χ3n) is 3.26. The minimum absolute atomic E-state index is 0.0885. The molecule has 6 heteroatoms. The van der Waals surface area contributed by atoms with Gasteiger partial charge in [-0.1, -0.05) is 38.5 Å². The van der Waals surface area contributed by atoms with E-state index in [0.717, 1.165) is 12.1 Å². The summed E-state index contributed by atoms with van der Waals surface area (Å²) in [5, 5.41) is 11.9. The van der Waals surface area contributed by atoms with Crippen molar-refractivity contribution in [2.45, 2.75) is 39.0 Å². The lowest BCUT2D eigenvalue weighted by Crippen LogP contribution is -2.41. The Balaban J connectivity index is 2.76. The molecule has 0 heterocycles. The van der Waals surface area contributed by atoms with Crippen molar-refractivity contribution in [3.63, 3.8) is 0 Å². The summed E-state index contributed by atoms with van der Waals surface area (Å²) in [6, 6.07) is 4.11. The molecule has 0 radical (unpaired) electrons. The largest absolute Gasteiger partial charge is 0.480 e. The Labute approximate surface area is 115 Å². The molecule has 20 heavy (non-hydrogen) atoms. The number of benzene rings is 1. The molecular formula is C14H18F3NO2. The van der Waals surface area contributed by atoms with E-state index in [1.165, 1.54) is 12.1 Å². The summed E-state index contributed by atoms with van der Waals surface area (Å²) in [4.78, 5) is 11.1. The number of hydrogen-bond donors (Lipinski definition) is 2. The Bertz CT molecular complexity index is 460. The first-order valence-corrected chi connectivity index (χ1v) is 6.38. The van der Waals surface area contributed by atoms with Gasteiger partial charge in [0.1, 0.15) is 6.04 Å². The number of alkyl halides is 3. The van der Waals surface area contributed by atoms with Crippen LogP contribution in [0.1, 0.15) is 31.4 Å². The van der Waals surface area contributed by atoms with E-state index in [0.29, 0.717) is 12.0 Å². The van der Waals surface area contributed by atoms with Crippen molar-refractivity contribution >= 4 is 5.97 Å². The van der Waals surface area contributed by atoms with E-state index in [2.05, 4.69) is 5.32 Å². The maximum Gasteiger partial charge on any atom is 0.416 e. The van der Waals surface area contributed by atoms with Gasteiger partial charge in [-0.25, -0.2) is 0 Å². The maximum atomic E-state index is 12.6. The first-order chi connectivity index (χ1) is 9.25. The molecule has 3 nitrogen and oxygen atoms in total. The predicted octanol–water partition coefficient (Wildman–Crippen LogP) is 3.29. The smallest absolute Gasteiger partial charge is 0.416 e. The molecule has 0 aliphatic carbocycles. The number of aliphatic carboxylic acids is 1. The third-order valence-corrected chi connectivity index (χ3v) is 3.26. The normalized spacial score (nSPS) is 14.8. The molecule has 1 aromatic carbocycles. The summed E-state index contributed by atoms with van der Waals surface area (Å²) in [5.41, 5.74) is -0.318.